The first-order chi connectivity index (χ1) is 14.0. The van der Waals surface area contributed by atoms with Crippen molar-refractivity contribution in [2.24, 2.45) is 5.73 Å². The summed E-state index contributed by atoms with van der Waals surface area (Å²) in [6, 6.07) is 16.1. The second kappa shape index (κ2) is 7.64. The average Bonchev–Trinajstić information content (AvgIpc) is 3.07. The van der Waals surface area contributed by atoms with Crippen molar-refractivity contribution in [1.82, 2.24) is 10.2 Å². The summed E-state index contributed by atoms with van der Waals surface area (Å²) >= 11 is 3.53. The first-order valence-electron chi connectivity index (χ1n) is 9.08. The summed E-state index contributed by atoms with van der Waals surface area (Å²) in [5.41, 5.74) is 11.0. The quantitative estimate of drug-likeness (QED) is 0.605. The molecule has 4 rings (SSSR count). The van der Waals surface area contributed by atoms with Crippen LogP contribution in [-0.4, -0.2) is 10.2 Å². The van der Waals surface area contributed by atoms with Crippen LogP contribution in [0.15, 0.2) is 58.4 Å². The van der Waals surface area contributed by atoms with Gasteiger partial charge in [0.2, 0.25) is 11.8 Å². The van der Waals surface area contributed by atoms with Crippen molar-refractivity contribution in [1.29, 1.82) is 5.26 Å². The standard InChI is InChI=1S/C22H19BrN4O2/c1-12-3-5-14(6-4-12)11-28-18-8-7-15(23)9-16(18)20-17(10-24)21(25)29-22-19(20)13(2)26-27-22/h3-9,20H,11,25H2,1-2H3,(H,26,27)/t20-/m0/s1. The highest BCUT2D eigenvalue weighted by molar-refractivity contribution is 9.10. The van der Waals surface area contributed by atoms with Crippen LogP contribution in [0, 0.1) is 25.2 Å². The maximum Gasteiger partial charge on any atom is 0.244 e. The number of aryl methyl sites for hydroxylation is 2. The van der Waals surface area contributed by atoms with Crippen LogP contribution in [0.3, 0.4) is 0 Å². The third kappa shape index (κ3) is 3.59. The van der Waals surface area contributed by atoms with E-state index < -0.39 is 5.92 Å². The van der Waals surface area contributed by atoms with Crippen LogP contribution < -0.4 is 15.2 Å². The van der Waals surface area contributed by atoms with Gasteiger partial charge in [-0.15, -0.1) is 5.10 Å². The smallest absolute Gasteiger partial charge is 0.244 e. The Morgan fingerprint density at radius 1 is 1.24 bits per heavy atom. The Labute approximate surface area is 177 Å². The summed E-state index contributed by atoms with van der Waals surface area (Å²) in [4.78, 5) is 0. The molecule has 0 fully saturated rings. The van der Waals surface area contributed by atoms with Crippen molar-refractivity contribution in [3.8, 4) is 17.7 Å². The Balaban J connectivity index is 1.78. The molecular weight excluding hydrogens is 432 g/mol. The monoisotopic (exact) mass is 450 g/mol. The van der Waals surface area contributed by atoms with Crippen molar-refractivity contribution in [3.63, 3.8) is 0 Å². The number of nitrogens with zero attached hydrogens (tertiary/aromatic N) is 2. The second-order valence-corrected chi connectivity index (χ2v) is 7.86. The lowest BCUT2D eigenvalue weighted by Gasteiger charge is -2.25. The molecule has 0 unspecified atom stereocenters. The van der Waals surface area contributed by atoms with E-state index in [1.807, 2.05) is 44.2 Å². The number of benzene rings is 2. The number of aromatic amines is 1. The minimum absolute atomic E-state index is 0.0564. The highest BCUT2D eigenvalue weighted by Crippen LogP contribution is 2.46. The molecule has 0 saturated carbocycles. The van der Waals surface area contributed by atoms with Gasteiger partial charge in [-0.1, -0.05) is 45.8 Å². The minimum Gasteiger partial charge on any atom is -0.489 e. The number of nitrogens with two attached hydrogens (primary N) is 1. The molecule has 3 aromatic rings. The summed E-state index contributed by atoms with van der Waals surface area (Å²) < 4.78 is 12.6. The van der Waals surface area contributed by atoms with Gasteiger partial charge < -0.3 is 15.2 Å². The number of aromatic nitrogens is 2. The number of ether oxygens (including phenoxy) is 2. The Hall–Kier alpha value is -3.24. The van der Waals surface area contributed by atoms with Gasteiger partial charge in [0.05, 0.1) is 5.92 Å². The van der Waals surface area contributed by atoms with Crippen LogP contribution in [0.25, 0.3) is 0 Å². The van der Waals surface area contributed by atoms with E-state index >= 15 is 0 Å². The zero-order valence-electron chi connectivity index (χ0n) is 16.0. The lowest BCUT2D eigenvalue weighted by molar-refractivity contribution is 0.301. The highest BCUT2D eigenvalue weighted by Gasteiger charge is 2.36. The maximum absolute atomic E-state index is 9.79. The number of allylic oxidation sites excluding steroid dienone is 1. The minimum atomic E-state index is -0.437. The van der Waals surface area contributed by atoms with Gasteiger partial charge in [-0.05, 0) is 37.6 Å². The summed E-state index contributed by atoms with van der Waals surface area (Å²) in [6.45, 7) is 4.35. The molecule has 1 atom stereocenters. The molecule has 3 N–H and O–H groups in total. The summed E-state index contributed by atoms with van der Waals surface area (Å²) in [7, 11) is 0. The first kappa shape index (κ1) is 19.1. The van der Waals surface area contributed by atoms with E-state index in [1.165, 1.54) is 5.56 Å². The van der Waals surface area contributed by atoms with Gasteiger partial charge in [-0.25, -0.2) is 0 Å². The van der Waals surface area contributed by atoms with Crippen molar-refractivity contribution in [3.05, 3.63) is 86.3 Å². The summed E-state index contributed by atoms with van der Waals surface area (Å²) in [5, 5.41) is 16.9. The Bertz CT molecular complexity index is 1140. The lowest BCUT2D eigenvalue weighted by Crippen LogP contribution is -2.21. The van der Waals surface area contributed by atoms with Gasteiger partial charge in [0, 0.05) is 21.3 Å². The van der Waals surface area contributed by atoms with E-state index in [4.69, 9.17) is 15.2 Å². The highest BCUT2D eigenvalue weighted by atomic mass is 79.9. The fourth-order valence-corrected chi connectivity index (χ4v) is 3.81. The van der Waals surface area contributed by atoms with Crippen molar-refractivity contribution in [2.45, 2.75) is 26.4 Å². The first-order valence-corrected chi connectivity index (χ1v) is 9.87. The predicted octanol–water partition coefficient (Wildman–Crippen LogP) is 4.59. The normalized spacial score (nSPS) is 15.4. The van der Waals surface area contributed by atoms with Gasteiger partial charge in [0.25, 0.3) is 0 Å². The average molecular weight is 451 g/mol. The van der Waals surface area contributed by atoms with Gasteiger partial charge in [-0.2, -0.15) is 5.26 Å². The van der Waals surface area contributed by atoms with E-state index in [0.29, 0.717) is 23.8 Å². The number of H-pyrrole nitrogens is 1. The molecule has 2 aromatic carbocycles. The molecule has 29 heavy (non-hydrogen) atoms. The Kier molecular flexibility index (Phi) is 5.03. The van der Waals surface area contributed by atoms with E-state index in [-0.39, 0.29) is 5.88 Å². The van der Waals surface area contributed by atoms with Gasteiger partial charge >= 0.3 is 0 Å². The van der Waals surface area contributed by atoms with Crippen molar-refractivity contribution in [2.75, 3.05) is 0 Å². The third-order valence-electron chi connectivity index (χ3n) is 4.93. The van der Waals surface area contributed by atoms with E-state index in [9.17, 15) is 5.26 Å². The molecule has 7 heteroatoms. The zero-order valence-corrected chi connectivity index (χ0v) is 17.6. The zero-order chi connectivity index (χ0) is 20.5. The van der Waals surface area contributed by atoms with Crippen LogP contribution in [0.4, 0.5) is 0 Å². The lowest BCUT2D eigenvalue weighted by atomic mass is 9.83. The SMILES string of the molecule is Cc1ccc(COc2ccc(Br)cc2[C@H]2C(C#N)=C(N)Oc3n[nH]c(C)c32)cc1. The molecule has 0 bridgehead atoms. The topological polar surface area (TPSA) is 96.9 Å². The van der Waals surface area contributed by atoms with Crippen LogP contribution in [0.1, 0.15) is 33.9 Å². The molecule has 1 aromatic heterocycles. The van der Waals surface area contributed by atoms with Gasteiger partial charge in [0.15, 0.2) is 0 Å². The second-order valence-electron chi connectivity index (χ2n) is 6.95. The molecule has 1 aliphatic rings. The fourth-order valence-electron chi connectivity index (χ4n) is 3.43. The number of halogens is 1. The molecule has 1 aliphatic heterocycles. The van der Waals surface area contributed by atoms with E-state index in [2.05, 4.69) is 44.3 Å². The van der Waals surface area contributed by atoms with Crippen LogP contribution in [0.5, 0.6) is 11.6 Å². The Morgan fingerprint density at radius 2 is 2.00 bits per heavy atom. The number of fused-ring (bicyclic) bond motifs is 1. The number of rotatable bonds is 4. The van der Waals surface area contributed by atoms with Gasteiger partial charge in [0.1, 0.15) is 24.0 Å². The molecule has 0 amide bonds. The molecule has 6 nitrogen and oxygen atoms in total. The van der Waals surface area contributed by atoms with Crippen LogP contribution in [-0.2, 0) is 6.61 Å². The molecule has 146 valence electrons. The van der Waals surface area contributed by atoms with E-state index in [0.717, 1.165) is 26.9 Å². The number of hydrogen-bond donors (Lipinski definition) is 2. The van der Waals surface area contributed by atoms with E-state index in [1.54, 1.807) is 0 Å². The summed E-state index contributed by atoms with van der Waals surface area (Å²) in [5.74, 6) is 0.676. The molecule has 0 aliphatic carbocycles. The molecule has 0 spiro atoms. The fraction of sp³-hybridized carbons (Fsp3) is 0.182. The largest absolute Gasteiger partial charge is 0.489 e. The molecule has 0 radical (unpaired) electrons. The predicted molar refractivity (Wildman–Crippen MR) is 112 cm³/mol. The number of nitrogens with one attached hydrogen (secondary N) is 1. The molecular formula is C22H19BrN4O2. The maximum atomic E-state index is 9.79. The van der Waals surface area contributed by atoms with Crippen molar-refractivity contribution >= 4 is 15.9 Å². The third-order valence-corrected chi connectivity index (χ3v) is 5.42. The molecule has 2 heterocycles. The van der Waals surface area contributed by atoms with Gasteiger partial charge in [-0.3, -0.25) is 5.10 Å². The number of nitriles is 1. The van der Waals surface area contributed by atoms with Crippen molar-refractivity contribution < 1.29 is 9.47 Å². The molecule has 0 saturated heterocycles. The summed E-state index contributed by atoms with van der Waals surface area (Å²) in [6.07, 6.45) is 0. The van der Waals surface area contributed by atoms with Crippen LogP contribution >= 0.6 is 15.9 Å². The number of hydrogen-bond acceptors (Lipinski definition) is 5. The Morgan fingerprint density at radius 3 is 2.72 bits per heavy atom. The van der Waals surface area contributed by atoms with Crippen LogP contribution in [0.2, 0.25) is 0 Å².